The van der Waals surface area contributed by atoms with Crippen molar-refractivity contribution < 1.29 is 4.79 Å². The number of benzene rings is 2. The van der Waals surface area contributed by atoms with Crippen LogP contribution in [-0.2, 0) is 11.3 Å². The largest absolute Gasteiger partial charge is 0.352 e. The normalized spacial score (nSPS) is 11.9. The molecule has 0 saturated carbocycles. The van der Waals surface area contributed by atoms with Crippen LogP contribution in [0.15, 0.2) is 59.5 Å². The number of hydrogen-bond donors (Lipinski definition) is 1. The molecule has 0 aliphatic heterocycles. The van der Waals surface area contributed by atoms with Crippen molar-refractivity contribution in [3.8, 4) is 0 Å². The Morgan fingerprint density at radius 1 is 1.10 bits per heavy atom. The van der Waals surface area contributed by atoms with Crippen LogP contribution in [0.2, 0.25) is 0 Å². The number of carbonyl (C=O) groups excluding carboxylic acids is 1. The van der Waals surface area contributed by atoms with Crippen LogP contribution in [0.1, 0.15) is 18.1 Å². The maximum Gasteiger partial charge on any atom is 0.223 e. The number of amides is 1. The summed E-state index contributed by atoms with van der Waals surface area (Å²) in [5, 5.41) is 3.00. The summed E-state index contributed by atoms with van der Waals surface area (Å²) >= 11 is 1.72. The Balaban J connectivity index is 1.76. The van der Waals surface area contributed by atoms with E-state index in [1.165, 1.54) is 10.5 Å². The third-order valence-corrected chi connectivity index (χ3v) is 4.55. The maximum absolute atomic E-state index is 12.1. The standard InChI is InChI=1S/C18H21NOS/c1-14-8-10-16(11-9-14)12-19-18(20)15(2)13-21-17-6-4-3-5-7-17/h3-11,15H,12-13H2,1-2H3,(H,19,20). The van der Waals surface area contributed by atoms with E-state index < -0.39 is 0 Å². The molecule has 0 saturated heterocycles. The van der Waals surface area contributed by atoms with Gasteiger partial charge in [-0.05, 0) is 24.6 Å². The van der Waals surface area contributed by atoms with Gasteiger partial charge in [-0.15, -0.1) is 11.8 Å². The summed E-state index contributed by atoms with van der Waals surface area (Å²) in [4.78, 5) is 13.3. The molecule has 1 N–H and O–H groups in total. The van der Waals surface area contributed by atoms with Crippen molar-refractivity contribution in [3.63, 3.8) is 0 Å². The number of rotatable bonds is 6. The van der Waals surface area contributed by atoms with Gasteiger partial charge in [0.1, 0.15) is 0 Å². The van der Waals surface area contributed by atoms with Crippen LogP contribution in [0, 0.1) is 12.8 Å². The number of thioether (sulfide) groups is 1. The second kappa shape index (κ2) is 7.89. The fraction of sp³-hybridized carbons (Fsp3) is 0.278. The molecule has 0 spiro atoms. The van der Waals surface area contributed by atoms with Gasteiger partial charge in [-0.2, -0.15) is 0 Å². The Morgan fingerprint density at radius 3 is 2.43 bits per heavy atom. The van der Waals surface area contributed by atoms with Crippen molar-refractivity contribution in [3.05, 3.63) is 65.7 Å². The van der Waals surface area contributed by atoms with E-state index in [0.717, 1.165) is 11.3 Å². The lowest BCUT2D eigenvalue weighted by atomic mass is 10.1. The third-order valence-electron chi connectivity index (χ3n) is 3.28. The molecule has 3 heteroatoms. The first-order valence-corrected chi connectivity index (χ1v) is 8.15. The van der Waals surface area contributed by atoms with Crippen molar-refractivity contribution in [2.45, 2.75) is 25.3 Å². The predicted octanol–water partition coefficient (Wildman–Crippen LogP) is 4.04. The summed E-state index contributed by atoms with van der Waals surface area (Å²) < 4.78 is 0. The smallest absolute Gasteiger partial charge is 0.223 e. The minimum absolute atomic E-state index is 0.000606. The van der Waals surface area contributed by atoms with Gasteiger partial charge in [0.25, 0.3) is 0 Å². The highest BCUT2D eigenvalue weighted by molar-refractivity contribution is 7.99. The van der Waals surface area contributed by atoms with E-state index in [-0.39, 0.29) is 11.8 Å². The lowest BCUT2D eigenvalue weighted by Gasteiger charge is -2.12. The topological polar surface area (TPSA) is 29.1 Å². The van der Waals surface area contributed by atoms with Crippen LogP contribution in [0.3, 0.4) is 0 Å². The van der Waals surface area contributed by atoms with E-state index in [1.807, 2.05) is 25.1 Å². The molecular formula is C18H21NOS. The molecule has 1 atom stereocenters. The molecule has 1 amide bonds. The molecule has 1 unspecified atom stereocenters. The minimum atomic E-state index is 0.000606. The van der Waals surface area contributed by atoms with Gasteiger partial charge in [-0.1, -0.05) is 55.0 Å². The first-order valence-electron chi connectivity index (χ1n) is 7.16. The van der Waals surface area contributed by atoms with Crippen molar-refractivity contribution in [2.75, 3.05) is 5.75 Å². The first-order chi connectivity index (χ1) is 10.1. The zero-order valence-electron chi connectivity index (χ0n) is 12.5. The van der Waals surface area contributed by atoms with Crippen LogP contribution < -0.4 is 5.32 Å². The molecule has 110 valence electrons. The number of aryl methyl sites for hydroxylation is 1. The molecule has 0 bridgehead atoms. The zero-order valence-corrected chi connectivity index (χ0v) is 13.3. The first kappa shape index (κ1) is 15.6. The molecule has 0 radical (unpaired) electrons. The van der Waals surface area contributed by atoms with E-state index in [4.69, 9.17) is 0 Å². The molecule has 0 aromatic heterocycles. The highest BCUT2D eigenvalue weighted by Gasteiger charge is 2.12. The van der Waals surface area contributed by atoms with Gasteiger partial charge in [0.05, 0.1) is 0 Å². The fourth-order valence-electron chi connectivity index (χ4n) is 1.88. The van der Waals surface area contributed by atoms with E-state index >= 15 is 0 Å². The SMILES string of the molecule is Cc1ccc(CNC(=O)C(C)CSc2ccccc2)cc1. The summed E-state index contributed by atoms with van der Waals surface area (Å²) in [6.45, 7) is 4.63. The second-order valence-electron chi connectivity index (χ2n) is 5.23. The summed E-state index contributed by atoms with van der Waals surface area (Å²) in [6.07, 6.45) is 0. The Morgan fingerprint density at radius 2 is 1.76 bits per heavy atom. The molecule has 2 nitrogen and oxygen atoms in total. The van der Waals surface area contributed by atoms with Crippen molar-refractivity contribution >= 4 is 17.7 Å². The molecule has 21 heavy (non-hydrogen) atoms. The lowest BCUT2D eigenvalue weighted by molar-refractivity contribution is -0.124. The van der Waals surface area contributed by atoms with Gasteiger partial charge in [-0.3, -0.25) is 4.79 Å². The van der Waals surface area contributed by atoms with Crippen molar-refractivity contribution in [2.24, 2.45) is 5.92 Å². The van der Waals surface area contributed by atoms with Crippen molar-refractivity contribution in [1.82, 2.24) is 5.32 Å². The van der Waals surface area contributed by atoms with Crippen LogP contribution in [0.5, 0.6) is 0 Å². The van der Waals surface area contributed by atoms with Gasteiger partial charge in [0, 0.05) is 23.1 Å². The maximum atomic E-state index is 12.1. The van der Waals surface area contributed by atoms with Crippen LogP contribution in [-0.4, -0.2) is 11.7 Å². The van der Waals surface area contributed by atoms with Gasteiger partial charge in [0.15, 0.2) is 0 Å². The van der Waals surface area contributed by atoms with Gasteiger partial charge in [-0.25, -0.2) is 0 Å². The number of hydrogen-bond acceptors (Lipinski definition) is 2. The minimum Gasteiger partial charge on any atom is -0.352 e. The number of carbonyl (C=O) groups is 1. The Bertz CT molecular complexity index is 566. The molecule has 2 rings (SSSR count). The van der Waals surface area contributed by atoms with E-state index in [2.05, 4.69) is 48.6 Å². The van der Waals surface area contributed by atoms with Gasteiger partial charge < -0.3 is 5.32 Å². The Hall–Kier alpha value is -1.74. The highest BCUT2D eigenvalue weighted by Crippen LogP contribution is 2.20. The fourth-order valence-corrected chi connectivity index (χ4v) is 2.83. The molecule has 0 heterocycles. The second-order valence-corrected chi connectivity index (χ2v) is 6.32. The zero-order chi connectivity index (χ0) is 15.1. The summed E-state index contributed by atoms with van der Waals surface area (Å²) in [5.74, 6) is 0.906. The number of nitrogens with one attached hydrogen (secondary N) is 1. The molecular weight excluding hydrogens is 278 g/mol. The molecule has 2 aromatic rings. The highest BCUT2D eigenvalue weighted by atomic mass is 32.2. The van der Waals surface area contributed by atoms with Gasteiger partial charge in [0.2, 0.25) is 5.91 Å². The van der Waals surface area contributed by atoms with Crippen LogP contribution >= 0.6 is 11.8 Å². The van der Waals surface area contributed by atoms with Crippen LogP contribution in [0.4, 0.5) is 0 Å². The van der Waals surface area contributed by atoms with E-state index in [1.54, 1.807) is 11.8 Å². The Kier molecular flexibility index (Phi) is 5.88. The summed E-state index contributed by atoms with van der Waals surface area (Å²) in [6, 6.07) is 18.4. The predicted molar refractivity (Wildman–Crippen MR) is 89.4 cm³/mol. The summed E-state index contributed by atoms with van der Waals surface area (Å²) in [7, 11) is 0. The quantitative estimate of drug-likeness (QED) is 0.816. The van der Waals surface area contributed by atoms with Crippen LogP contribution in [0.25, 0.3) is 0 Å². The average Bonchev–Trinajstić information content (AvgIpc) is 2.52. The van der Waals surface area contributed by atoms with E-state index in [9.17, 15) is 4.79 Å². The van der Waals surface area contributed by atoms with Crippen molar-refractivity contribution in [1.29, 1.82) is 0 Å². The third kappa shape index (κ3) is 5.27. The molecule has 0 aliphatic carbocycles. The monoisotopic (exact) mass is 299 g/mol. The van der Waals surface area contributed by atoms with E-state index in [0.29, 0.717) is 6.54 Å². The average molecular weight is 299 g/mol. The van der Waals surface area contributed by atoms with Gasteiger partial charge >= 0.3 is 0 Å². The molecule has 2 aromatic carbocycles. The lowest BCUT2D eigenvalue weighted by Crippen LogP contribution is -2.29. The summed E-state index contributed by atoms with van der Waals surface area (Å²) in [5.41, 5.74) is 2.37. The Labute approximate surface area is 131 Å². The molecule has 0 fully saturated rings. The molecule has 0 aliphatic rings.